The van der Waals surface area contributed by atoms with Crippen LogP contribution in [0.1, 0.15) is 5.56 Å². The molecule has 0 unspecified atom stereocenters. The third-order valence-electron chi connectivity index (χ3n) is 3.03. The molecule has 1 aliphatic rings. The molecule has 1 aliphatic heterocycles. The molecule has 0 saturated heterocycles. The van der Waals surface area contributed by atoms with Crippen LogP contribution in [-0.4, -0.2) is 21.3 Å². The first-order valence-electron chi connectivity index (χ1n) is 7.04. The van der Waals surface area contributed by atoms with Gasteiger partial charge in [-0.2, -0.15) is 0 Å². The second-order valence-electron chi connectivity index (χ2n) is 6.03. The SMILES string of the molecule is C[Si](C)(C)C#Cc1ccc(-c2scc3c2OCCO3)cc1. The Bertz CT molecular complexity index is 699. The molecule has 108 valence electrons. The van der Waals surface area contributed by atoms with Crippen LogP contribution in [0.2, 0.25) is 19.6 Å². The highest BCUT2D eigenvalue weighted by molar-refractivity contribution is 7.14. The molecule has 4 heteroatoms. The quantitative estimate of drug-likeness (QED) is 0.573. The van der Waals surface area contributed by atoms with E-state index in [1.165, 1.54) is 0 Å². The Morgan fingerprint density at radius 2 is 1.76 bits per heavy atom. The smallest absolute Gasteiger partial charge is 0.179 e. The lowest BCUT2D eigenvalue weighted by Gasteiger charge is -2.16. The summed E-state index contributed by atoms with van der Waals surface area (Å²) >= 11 is 1.66. The van der Waals surface area contributed by atoms with Crippen molar-refractivity contribution in [3.05, 3.63) is 35.2 Å². The third kappa shape index (κ3) is 3.31. The van der Waals surface area contributed by atoms with Crippen molar-refractivity contribution in [3.63, 3.8) is 0 Å². The van der Waals surface area contributed by atoms with E-state index >= 15 is 0 Å². The summed E-state index contributed by atoms with van der Waals surface area (Å²) in [4.78, 5) is 1.13. The number of benzene rings is 1. The predicted octanol–water partition coefficient (Wildman–Crippen LogP) is 4.42. The summed E-state index contributed by atoms with van der Waals surface area (Å²) in [5.74, 6) is 5.02. The second-order valence-corrected chi connectivity index (χ2v) is 11.7. The van der Waals surface area contributed by atoms with Gasteiger partial charge < -0.3 is 9.47 Å². The zero-order valence-corrected chi connectivity index (χ0v) is 14.3. The lowest BCUT2D eigenvalue weighted by Crippen LogP contribution is -2.16. The van der Waals surface area contributed by atoms with Gasteiger partial charge in [-0.25, -0.2) is 0 Å². The highest BCUT2D eigenvalue weighted by Gasteiger charge is 2.19. The van der Waals surface area contributed by atoms with E-state index in [4.69, 9.17) is 9.47 Å². The predicted molar refractivity (Wildman–Crippen MR) is 91.0 cm³/mol. The van der Waals surface area contributed by atoms with Gasteiger partial charge in [0.05, 0.1) is 4.88 Å². The summed E-state index contributed by atoms with van der Waals surface area (Å²) in [7, 11) is -1.32. The van der Waals surface area contributed by atoms with Crippen molar-refractivity contribution < 1.29 is 9.47 Å². The molecule has 0 saturated carbocycles. The molecule has 0 radical (unpaired) electrons. The Labute approximate surface area is 130 Å². The molecule has 3 rings (SSSR count). The Morgan fingerprint density at radius 3 is 2.48 bits per heavy atom. The zero-order valence-electron chi connectivity index (χ0n) is 12.5. The van der Waals surface area contributed by atoms with Gasteiger partial charge in [-0.1, -0.05) is 37.7 Å². The molecule has 0 N–H and O–H groups in total. The van der Waals surface area contributed by atoms with Gasteiger partial charge in [-0.3, -0.25) is 0 Å². The summed E-state index contributed by atoms with van der Waals surface area (Å²) in [6.45, 7) is 8.02. The van der Waals surface area contributed by atoms with Crippen LogP contribution >= 0.6 is 11.3 Å². The minimum absolute atomic E-state index is 0.622. The minimum atomic E-state index is -1.32. The van der Waals surface area contributed by atoms with Gasteiger partial charge in [0.15, 0.2) is 11.5 Å². The molecule has 2 aromatic rings. The van der Waals surface area contributed by atoms with Gasteiger partial charge >= 0.3 is 0 Å². The Hall–Kier alpha value is -1.70. The normalized spacial score (nSPS) is 13.5. The molecule has 0 amide bonds. The standard InChI is InChI=1S/C17H18O2SSi/c1-21(2,3)11-8-13-4-6-14(7-5-13)17-16-15(12-20-17)18-9-10-19-16/h4-7,12H,9-10H2,1-3H3. The number of fused-ring (bicyclic) bond motifs is 1. The van der Waals surface area contributed by atoms with Crippen LogP contribution < -0.4 is 9.47 Å². The average molecular weight is 314 g/mol. The largest absolute Gasteiger partial charge is 0.485 e. The van der Waals surface area contributed by atoms with E-state index in [1.54, 1.807) is 11.3 Å². The molecule has 21 heavy (non-hydrogen) atoms. The van der Waals surface area contributed by atoms with Crippen molar-refractivity contribution in [2.75, 3.05) is 13.2 Å². The maximum absolute atomic E-state index is 5.73. The fraction of sp³-hybridized carbons (Fsp3) is 0.294. The van der Waals surface area contributed by atoms with Crippen LogP contribution in [0.15, 0.2) is 29.6 Å². The number of rotatable bonds is 1. The maximum atomic E-state index is 5.73. The molecule has 0 atom stereocenters. The third-order valence-corrected chi connectivity index (χ3v) is 4.89. The monoisotopic (exact) mass is 314 g/mol. The van der Waals surface area contributed by atoms with E-state index in [1.807, 2.05) is 5.38 Å². The molecule has 0 fully saturated rings. The molecule has 0 aliphatic carbocycles. The number of thiophene rings is 1. The Balaban J connectivity index is 1.87. The number of hydrogen-bond donors (Lipinski definition) is 0. The highest BCUT2D eigenvalue weighted by atomic mass is 32.1. The molecular formula is C17H18O2SSi. The summed E-state index contributed by atoms with van der Waals surface area (Å²) in [5.41, 5.74) is 5.62. The second kappa shape index (κ2) is 5.59. The van der Waals surface area contributed by atoms with Gasteiger partial charge in [0.1, 0.15) is 21.3 Å². The van der Waals surface area contributed by atoms with E-state index in [-0.39, 0.29) is 0 Å². The minimum Gasteiger partial charge on any atom is -0.485 e. The van der Waals surface area contributed by atoms with Crippen molar-refractivity contribution in [3.8, 4) is 33.4 Å². The van der Waals surface area contributed by atoms with Crippen LogP contribution in [0.3, 0.4) is 0 Å². The van der Waals surface area contributed by atoms with Gasteiger partial charge in [-0.15, -0.1) is 16.9 Å². The van der Waals surface area contributed by atoms with E-state index in [9.17, 15) is 0 Å². The van der Waals surface area contributed by atoms with Gasteiger partial charge in [0, 0.05) is 10.9 Å². The summed E-state index contributed by atoms with van der Waals surface area (Å²) < 4.78 is 11.3. The Kier molecular flexibility index (Phi) is 3.79. The number of ether oxygens (including phenoxy) is 2. The first-order valence-corrected chi connectivity index (χ1v) is 11.4. The lowest BCUT2D eigenvalue weighted by molar-refractivity contribution is 0.174. The molecule has 1 aromatic carbocycles. The van der Waals surface area contributed by atoms with E-state index < -0.39 is 8.07 Å². The summed E-state index contributed by atoms with van der Waals surface area (Å²) in [6, 6.07) is 8.38. The number of hydrogen-bond acceptors (Lipinski definition) is 3. The fourth-order valence-corrected chi connectivity index (χ4v) is 3.48. The van der Waals surface area contributed by atoms with E-state index in [2.05, 4.69) is 55.4 Å². The molecule has 2 nitrogen and oxygen atoms in total. The van der Waals surface area contributed by atoms with Gasteiger partial charge in [0.25, 0.3) is 0 Å². The Morgan fingerprint density at radius 1 is 1.05 bits per heavy atom. The van der Waals surface area contributed by atoms with E-state index in [0.29, 0.717) is 13.2 Å². The van der Waals surface area contributed by atoms with Gasteiger partial charge in [-0.05, 0) is 17.7 Å². The fourth-order valence-electron chi connectivity index (χ4n) is 2.03. The van der Waals surface area contributed by atoms with Crippen molar-refractivity contribution in [2.45, 2.75) is 19.6 Å². The average Bonchev–Trinajstić information content (AvgIpc) is 2.89. The van der Waals surface area contributed by atoms with Crippen LogP contribution in [-0.2, 0) is 0 Å². The molecule has 0 bridgehead atoms. The van der Waals surface area contributed by atoms with Crippen LogP contribution in [0.5, 0.6) is 11.5 Å². The zero-order chi connectivity index (χ0) is 14.9. The maximum Gasteiger partial charge on any atom is 0.179 e. The van der Waals surface area contributed by atoms with Crippen LogP contribution in [0, 0.1) is 11.5 Å². The van der Waals surface area contributed by atoms with Gasteiger partial charge in [0.2, 0.25) is 0 Å². The van der Waals surface area contributed by atoms with Crippen molar-refractivity contribution >= 4 is 19.4 Å². The summed E-state index contributed by atoms with van der Waals surface area (Å²) in [5, 5.41) is 2.02. The molecular weight excluding hydrogens is 296 g/mol. The molecule has 0 spiro atoms. The van der Waals surface area contributed by atoms with Crippen molar-refractivity contribution in [1.29, 1.82) is 0 Å². The van der Waals surface area contributed by atoms with Crippen molar-refractivity contribution in [2.24, 2.45) is 0 Å². The summed E-state index contributed by atoms with van der Waals surface area (Å²) in [6.07, 6.45) is 0. The first-order chi connectivity index (χ1) is 10.0. The highest BCUT2D eigenvalue weighted by Crippen LogP contribution is 2.45. The molecule has 2 heterocycles. The first kappa shape index (κ1) is 14.2. The molecule has 1 aromatic heterocycles. The van der Waals surface area contributed by atoms with Crippen LogP contribution in [0.4, 0.5) is 0 Å². The van der Waals surface area contributed by atoms with Crippen molar-refractivity contribution in [1.82, 2.24) is 0 Å². The topological polar surface area (TPSA) is 18.5 Å². The lowest BCUT2D eigenvalue weighted by atomic mass is 10.1. The van der Waals surface area contributed by atoms with Crippen LogP contribution in [0.25, 0.3) is 10.4 Å². The van der Waals surface area contributed by atoms with E-state index in [0.717, 1.165) is 27.5 Å².